The first-order valence-electron chi connectivity index (χ1n) is 4.48. The molecule has 1 rings (SSSR count). The van der Waals surface area contributed by atoms with Crippen LogP contribution >= 0.6 is 0 Å². The van der Waals surface area contributed by atoms with E-state index in [1.807, 2.05) is 0 Å². The van der Waals surface area contributed by atoms with Crippen LogP contribution in [0, 0.1) is 16.5 Å². The molecule has 87 valence electrons. The summed E-state index contributed by atoms with van der Waals surface area (Å²) in [6, 6.07) is 2.72. The van der Waals surface area contributed by atoms with Crippen molar-refractivity contribution in [2.24, 2.45) is 0 Å². The molecular weight excluding hydrogens is 214 g/mol. The van der Waals surface area contributed by atoms with Gasteiger partial charge in [-0.25, -0.2) is 0 Å². The minimum atomic E-state index is -0.538. The van der Waals surface area contributed by atoms with Gasteiger partial charge in [-0.05, 0) is 6.07 Å². The summed E-state index contributed by atoms with van der Waals surface area (Å²) in [5.74, 6) is 0.664. The number of benzene rings is 1. The molecule has 6 heteroatoms. The molecule has 0 bridgehead atoms. The molecule has 1 aromatic rings. The molecule has 0 atom stereocenters. The lowest BCUT2D eigenvalue weighted by atomic mass is 10.1. The van der Waals surface area contributed by atoms with Crippen LogP contribution in [0.15, 0.2) is 12.1 Å². The molecule has 0 unspecified atom stereocenters. The molecule has 0 spiro atoms. The number of aliphatic hydroxyl groups excluding tert-OH is 1. The molecule has 0 aliphatic rings. The average molecular weight is 226 g/mol. The molecule has 1 N–H and O–H groups in total. The fourth-order valence-electron chi connectivity index (χ4n) is 1.30. The van der Waals surface area contributed by atoms with Crippen molar-refractivity contribution in [2.75, 3.05) is 20.8 Å². The van der Waals surface area contributed by atoms with Crippen LogP contribution in [-0.2, 0) is 0 Å². The molecule has 0 saturated heterocycles. The summed E-state index contributed by atoms with van der Waals surface area (Å²) in [6.07, 6.45) is 1.33. The standard InChI is InChI=1S/C10H12NO5/c1-15-9-5-7(3-4-12)8(11(13)14)6-10(9)16-2/h3,5-6,12H,4H2,1-2H3. The quantitative estimate of drug-likeness (QED) is 0.601. The molecule has 6 nitrogen and oxygen atoms in total. The Morgan fingerprint density at radius 2 is 1.94 bits per heavy atom. The third-order valence-corrected chi connectivity index (χ3v) is 2.04. The van der Waals surface area contributed by atoms with E-state index in [-0.39, 0.29) is 18.0 Å². The maximum absolute atomic E-state index is 10.8. The minimum Gasteiger partial charge on any atom is -0.493 e. The Kier molecular flexibility index (Phi) is 4.07. The normalized spacial score (nSPS) is 9.94. The highest BCUT2D eigenvalue weighted by Crippen LogP contribution is 2.34. The van der Waals surface area contributed by atoms with Gasteiger partial charge in [0.05, 0.1) is 31.8 Å². The highest BCUT2D eigenvalue weighted by atomic mass is 16.6. The van der Waals surface area contributed by atoms with Gasteiger partial charge in [0.2, 0.25) is 0 Å². The Hall–Kier alpha value is -1.82. The highest BCUT2D eigenvalue weighted by Gasteiger charge is 2.18. The number of hydrogen-bond acceptors (Lipinski definition) is 5. The van der Waals surface area contributed by atoms with E-state index in [1.165, 1.54) is 32.8 Å². The number of nitrogens with zero attached hydrogens (tertiary/aromatic N) is 1. The summed E-state index contributed by atoms with van der Waals surface area (Å²) < 4.78 is 9.96. The highest BCUT2D eigenvalue weighted by molar-refractivity contribution is 5.56. The molecule has 0 saturated carbocycles. The largest absolute Gasteiger partial charge is 0.493 e. The zero-order valence-electron chi connectivity index (χ0n) is 8.97. The second-order valence-electron chi connectivity index (χ2n) is 2.91. The Morgan fingerprint density at radius 3 is 2.38 bits per heavy atom. The van der Waals surface area contributed by atoms with Gasteiger partial charge in [-0.2, -0.15) is 0 Å². The van der Waals surface area contributed by atoms with Crippen molar-refractivity contribution in [3.05, 3.63) is 34.2 Å². The van der Waals surface area contributed by atoms with Gasteiger partial charge in [-0.3, -0.25) is 10.1 Å². The Morgan fingerprint density at radius 1 is 1.38 bits per heavy atom. The summed E-state index contributed by atoms with van der Waals surface area (Å²) in [7, 11) is 2.84. The van der Waals surface area contributed by atoms with Crippen LogP contribution in [0.2, 0.25) is 0 Å². The number of nitro groups is 1. The maximum Gasteiger partial charge on any atom is 0.276 e. The molecule has 0 aromatic heterocycles. The fraction of sp³-hybridized carbons (Fsp3) is 0.300. The van der Waals surface area contributed by atoms with Gasteiger partial charge in [-0.1, -0.05) is 0 Å². The summed E-state index contributed by atoms with van der Waals surface area (Å²) in [5, 5.41) is 19.5. The van der Waals surface area contributed by atoms with Crippen LogP contribution in [0.1, 0.15) is 5.56 Å². The van der Waals surface area contributed by atoms with Crippen LogP contribution in [0.4, 0.5) is 5.69 Å². The van der Waals surface area contributed by atoms with E-state index >= 15 is 0 Å². The number of nitro benzene ring substituents is 1. The smallest absolute Gasteiger partial charge is 0.276 e. The van der Waals surface area contributed by atoms with Gasteiger partial charge in [0.1, 0.15) is 0 Å². The first kappa shape index (κ1) is 12.3. The van der Waals surface area contributed by atoms with Crippen LogP contribution < -0.4 is 9.47 Å². The first-order chi connectivity index (χ1) is 7.63. The van der Waals surface area contributed by atoms with Crippen molar-refractivity contribution < 1.29 is 19.5 Å². The summed E-state index contributed by atoms with van der Waals surface area (Å²) in [4.78, 5) is 10.2. The first-order valence-corrected chi connectivity index (χ1v) is 4.48. The van der Waals surface area contributed by atoms with Gasteiger partial charge >= 0.3 is 0 Å². The molecule has 0 amide bonds. The Balaban J connectivity index is 3.29. The number of aliphatic hydroxyl groups is 1. The fourth-order valence-corrected chi connectivity index (χ4v) is 1.30. The van der Waals surface area contributed by atoms with Crippen LogP contribution in [0.5, 0.6) is 11.5 Å². The number of methoxy groups -OCH3 is 2. The lowest BCUT2D eigenvalue weighted by Gasteiger charge is -2.09. The molecule has 0 heterocycles. The van der Waals surface area contributed by atoms with Crippen LogP contribution in [-0.4, -0.2) is 30.9 Å². The van der Waals surface area contributed by atoms with E-state index in [4.69, 9.17) is 14.6 Å². The summed E-state index contributed by atoms with van der Waals surface area (Å²) >= 11 is 0. The van der Waals surface area contributed by atoms with Gasteiger partial charge in [0.15, 0.2) is 11.5 Å². The number of rotatable bonds is 5. The van der Waals surface area contributed by atoms with Crippen molar-refractivity contribution in [1.82, 2.24) is 0 Å². The van der Waals surface area contributed by atoms with Crippen molar-refractivity contribution >= 4 is 5.69 Å². The van der Waals surface area contributed by atoms with E-state index in [0.29, 0.717) is 11.3 Å². The molecule has 0 fully saturated rings. The molecule has 0 aliphatic heterocycles. The molecular formula is C10H12NO5. The second kappa shape index (κ2) is 5.32. The summed E-state index contributed by atoms with van der Waals surface area (Å²) in [5.41, 5.74) is 0.164. The third kappa shape index (κ3) is 2.40. The Bertz CT molecular complexity index is 391. The van der Waals surface area contributed by atoms with Crippen molar-refractivity contribution in [3.8, 4) is 11.5 Å². The predicted molar refractivity (Wildman–Crippen MR) is 56.7 cm³/mol. The van der Waals surface area contributed by atoms with Gasteiger partial charge in [-0.15, -0.1) is 0 Å². The predicted octanol–water partition coefficient (Wildman–Crippen LogP) is 1.16. The van der Waals surface area contributed by atoms with Gasteiger partial charge in [0.25, 0.3) is 5.69 Å². The monoisotopic (exact) mass is 226 g/mol. The van der Waals surface area contributed by atoms with Crippen molar-refractivity contribution in [1.29, 1.82) is 0 Å². The Labute approximate surface area is 92.6 Å². The molecule has 0 aliphatic carbocycles. The van der Waals surface area contributed by atoms with Crippen LogP contribution in [0.3, 0.4) is 0 Å². The molecule has 1 aromatic carbocycles. The van der Waals surface area contributed by atoms with Crippen LogP contribution in [0.25, 0.3) is 0 Å². The topological polar surface area (TPSA) is 81.8 Å². The minimum absolute atomic E-state index is 0.133. The zero-order chi connectivity index (χ0) is 12.1. The number of ether oxygens (including phenoxy) is 2. The third-order valence-electron chi connectivity index (χ3n) is 2.04. The zero-order valence-corrected chi connectivity index (χ0v) is 8.97. The van der Waals surface area contributed by atoms with Crippen molar-refractivity contribution in [3.63, 3.8) is 0 Å². The maximum atomic E-state index is 10.8. The number of hydrogen-bond donors (Lipinski definition) is 1. The molecule has 16 heavy (non-hydrogen) atoms. The van der Waals surface area contributed by atoms with E-state index in [2.05, 4.69) is 0 Å². The van der Waals surface area contributed by atoms with E-state index in [0.717, 1.165) is 0 Å². The van der Waals surface area contributed by atoms with Gasteiger partial charge in [0, 0.05) is 12.0 Å². The van der Waals surface area contributed by atoms with E-state index < -0.39 is 4.92 Å². The lowest BCUT2D eigenvalue weighted by Crippen LogP contribution is -1.99. The second-order valence-corrected chi connectivity index (χ2v) is 2.91. The van der Waals surface area contributed by atoms with E-state index in [9.17, 15) is 10.1 Å². The van der Waals surface area contributed by atoms with Gasteiger partial charge < -0.3 is 14.6 Å². The SMILES string of the molecule is COc1cc([CH]CO)c([N+](=O)[O-])cc1OC. The molecule has 1 radical (unpaired) electrons. The van der Waals surface area contributed by atoms with E-state index in [1.54, 1.807) is 0 Å². The van der Waals surface area contributed by atoms with Crippen molar-refractivity contribution in [2.45, 2.75) is 0 Å². The summed E-state index contributed by atoms with van der Waals surface area (Å²) in [6.45, 7) is -0.281. The lowest BCUT2D eigenvalue weighted by molar-refractivity contribution is -0.385. The average Bonchev–Trinajstić information content (AvgIpc) is 2.28.